The van der Waals surface area contributed by atoms with Crippen LogP contribution in [-0.4, -0.2) is 18.2 Å². The Morgan fingerprint density at radius 1 is 1.19 bits per heavy atom. The molecule has 0 aliphatic carbocycles. The first-order valence-corrected chi connectivity index (χ1v) is 9.42. The van der Waals surface area contributed by atoms with Gasteiger partial charge in [-0.2, -0.15) is 5.10 Å². The van der Waals surface area contributed by atoms with Crippen LogP contribution in [-0.2, 0) is 16.6 Å². The molecule has 1 heterocycles. The molecule has 0 aliphatic rings. The summed E-state index contributed by atoms with van der Waals surface area (Å²) in [4.78, 5) is 0.0229. The molecule has 0 unspecified atom stereocenters. The lowest BCUT2D eigenvalue weighted by Gasteiger charge is -2.05. The van der Waals surface area contributed by atoms with Crippen molar-refractivity contribution in [1.82, 2.24) is 9.78 Å². The Balaban J connectivity index is 2.13. The summed E-state index contributed by atoms with van der Waals surface area (Å²) in [5.74, 6) is -0.297. The average Bonchev–Trinajstić information content (AvgIpc) is 3.01. The highest BCUT2D eigenvalue weighted by Gasteiger charge is 2.15. The molecule has 0 fully saturated rings. The van der Waals surface area contributed by atoms with Gasteiger partial charge < -0.3 is 0 Å². The molecule has 0 radical (unpaired) electrons. The largest absolute Gasteiger partial charge is 0.268 e. The second kappa shape index (κ2) is 6.86. The van der Waals surface area contributed by atoms with E-state index in [1.807, 2.05) is 12.3 Å². The maximum absolute atomic E-state index is 14.0. The summed E-state index contributed by atoms with van der Waals surface area (Å²) < 4.78 is 38.6. The SMILES string of the molecule is C=CCn1cc(-c2ccc(C)c(F)c2)c(-c2ccc(S(N)(=O)=O)cc2)n1. The standard InChI is InChI=1S/C19H18FN3O2S/c1-3-10-23-12-17(15-5-4-13(2)18(20)11-15)19(22-23)14-6-8-16(9-7-14)26(21,24)25/h3-9,11-12H,1,10H2,2H3,(H2,21,24,25). The van der Waals surface area contributed by atoms with Crippen molar-refractivity contribution >= 4 is 10.0 Å². The second-order valence-corrected chi connectivity index (χ2v) is 7.50. The molecule has 0 spiro atoms. The van der Waals surface area contributed by atoms with Crippen LogP contribution in [0.15, 0.2) is 66.2 Å². The fourth-order valence-corrected chi connectivity index (χ4v) is 3.15. The topological polar surface area (TPSA) is 78.0 Å². The molecule has 3 rings (SSSR count). The number of aromatic nitrogens is 2. The molecule has 0 saturated carbocycles. The Hall–Kier alpha value is -2.77. The Bertz CT molecular complexity index is 1070. The molecule has 26 heavy (non-hydrogen) atoms. The fraction of sp³-hybridized carbons (Fsp3) is 0.105. The van der Waals surface area contributed by atoms with Crippen molar-refractivity contribution in [2.75, 3.05) is 0 Å². The molecular formula is C19H18FN3O2S. The van der Waals surface area contributed by atoms with Crippen LogP contribution in [0.2, 0.25) is 0 Å². The maximum Gasteiger partial charge on any atom is 0.238 e. The fourth-order valence-electron chi connectivity index (χ4n) is 2.63. The number of allylic oxidation sites excluding steroid dienone is 1. The van der Waals surface area contributed by atoms with Gasteiger partial charge in [0.15, 0.2) is 0 Å². The Labute approximate surface area is 151 Å². The molecule has 0 atom stereocenters. The summed E-state index contributed by atoms with van der Waals surface area (Å²) in [6, 6.07) is 11.1. The molecule has 2 aromatic carbocycles. The van der Waals surface area contributed by atoms with Gasteiger partial charge in [-0.3, -0.25) is 4.68 Å². The molecule has 134 valence electrons. The molecule has 1 aromatic heterocycles. The molecule has 0 saturated heterocycles. The van der Waals surface area contributed by atoms with Gasteiger partial charge in [0.1, 0.15) is 11.5 Å². The van der Waals surface area contributed by atoms with Crippen LogP contribution in [0.25, 0.3) is 22.4 Å². The first-order valence-electron chi connectivity index (χ1n) is 7.87. The van der Waals surface area contributed by atoms with Crippen LogP contribution < -0.4 is 5.14 Å². The smallest absolute Gasteiger partial charge is 0.238 e. The first kappa shape index (κ1) is 18.0. The number of nitrogens with zero attached hydrogens (tertiary/aromatic N) is 2. The van der Waals surface area contributed by atoms with Gasteiger partial charge in [-0.15, -0.1) is 6.58 Å². The normalized spacial score (nSPS) is 11.5. The second-order valence-electron chi connectivity index (χ2n) is 5.94. The third-order valence-corrected chi connectivity index (χ3v) is 4.95. The van der Waals surface area contributed by atoms with Crippen molar-refractivity contribution in [3.05, 3.63) is 72.7 Å². The minimum Gasteiger partial charge on any atom is -0.268 e. The zero-order valence-corrected chi connectivity index (χ0v) is 15.0. The minimum absolute atomic E-state index is 0.0229. The quantitative estimate of drug-likeness (QED) is 0.697. The van der Waals surface area contributed by atoms with E-state index in [1.54, 1.807) is 35.9 Å². The molecule has 0 bridgehead atoms. The summed E-state index contributed by atoms with van der Waals surface area (Å²) in [6.07, 6.45) is 3.52. The molecule has 0 amide bonds. The van der Waals surface area contributed by atoms with Gasteiger partial charge >= 0.3 is 0 Å². The number of hydrogen-bond acceptors (Lipinski definition) is 3. The zero-order valence-electron chi connectivity index (χ0n) is 14.2. The van der Waals surface area contributed by atoms with Gasteiger partial charge in [-0.1, -0.05) is 30.3 Å². The third-order valence-electron chi connectivity index (χ3n) is 4.02. The van der Waals surface area contributed by atoms with Gasteiger partial charge in [0.05, 0.1) is 11.4 Å². The molecule has 3 aromatic rings. The number of hydrogen-bond donors (Lipinski definition) is 1. The summed E-state index contributed by atoms with van der Waals surface area (Å²) in [5, 5.41) is 9.67. The third kappa shape index (κ3) is 3.58. The number of rotatable bonds is 5. The van der Waals surface area contributed by atoms with E-state index in [0.29, 0.717) is 28.9 Å². The van der Waals surface area contributed by atoms with E-state index in [0.717, 1.165) is 5.56 Å². The van der Waals surface area contributed by atoms with Gasteiger partial charge in [0, 0.05) is 17.3 Å². The molecule has 5 nitrogen and oxygen atoms in total. The van der Waals surface area contributed by atoms with Crippen LogP contribution in [0.4, 0.5) is 4.39 Å². The van der Waals surface area contributed by atoms with Crippen molar-refractivity contribution < 1.29 is 12.8 Å². The highest BCUT2D eigenvalue weighted by Crippen LogP contribution is 2.32. The van der Waals surface area contributed by atoms with E-state index in [2.05, 4.69) is 11.7 Å². The average molecular weight is 371 g/mol. The Morgan fingerprint density at radius 3 is 2.42 bits per heavy atom. The lowest BCUT2D eigenvalue weighted by atomic mass is 10.0. The van der Waals surface area contributed by atoms with Gasteiger partial charge in [-0.05, 0) is 36.2 Å². The predicted octanol–water partition coefficient (Wildman–Crippen LogP) is 3.50. The number of sulfonamides is 1. The van der Waals surface area contributed by atoms with Crippen molar-refractivity contribution in [2.45, 2.75) is 18.4 Å². The summed E-state index contributed by atoms with van der Waals surface area (Å²) in [5.41, 5.74) is 3.32. The summed E-state index contributed by atoms with van der Waals surface area (Å²) >= 11 is 0. The van der Waals surface area contributed by atoms with E-state index in [1.165, 1.54) is 18.2 Å². The highest BCUT2D eigenvalue weighted by atomic mass is 32.2. The van der Waals surface area contributed by atoms with Crippen LogP contribution in [0, 0.1) is 12.7 Å². The Kier molecular flexibility index (Phi) is 4.76. The van der Waals surface area contributed by atoms with E-state index >= 15 is 0 Å². The Morgan fingerprint density at radius 2 is 1.85 bits per heavy atom. The van der Waals surface area contributed by atoms with Crippen LogP contribution in [0.1, 0.15) is 5.56 Å². The number of aryl methyl sites for hydroxylation is 1. The minimum atomic E-state index is -3.77. The number of benzene rings is 2. The van der Waals surface area contributed by atoms with Crippen LogP contribution in [0.5, 0.6) is 0 Å². The van der Waals surface area contributed by atoms with E-state index < -0.39 is 10.0 Å². The number of primary sulfonamides is 1. The monoisotopic (exact) mass is 371 g/mol. The van der Waals surface area contributed by atoms with Gasteiger partial charge in [0.2, 0.25) is 10.0 Å². The molecule has 7 heteroatoms. The van der Waals surface area contributed by atoms with Crippen molar-refractivity contribution in [1.29, 1.82) is 0 Å². The predicted molar refractivity (Wildman–Crippen MR) is 99.4 cm³/mol. The van der Waals surface area contributed by atoms with Crippen molar-refractivity contribution in [3.63, 3.8) is 0 Å². The lowest BCUT2D eigenvalue weighted by molar-refractivity contribution is 0.598. The lowest BCUT2D eigenvalue weighted by Crippen LogP contribution is -2.11. The van der Waals surface area contributed by atoms with Crippen molar-refractivity contribution in [3.8, 4) is 22.4 Å². The summed E-state index contributed by atoms with van der Waals surface area (Å²) in [6.45, 7) is 5.90. The highest BCUT2D eigenvalue weighted by molar-refractivity contribution is 7.89. The van der Waals surface area contributed by atoms with E-state index in [-0.39, 0.29) is 10.7 Å². The van der Waals surface area contributed by atoms with Gasteiger partial charge in [-0.25, -0.2) is 17.9 Å². The van der Waals surface area contributed by atoms with Crippen LogP contribution in [0.3, 0.4) is 0 Å². The van der Waals surface area contributed by atoms with Gasteiger partial charge in [0.25, 0.3) is 0 Å². The zero-order chi connectivity index (χ0) is 18.9. The molecule has 0 aliphatic heterocycles. The molecule has 2 N–H and O–H groups in total. The van der Waals surface area contributed by atoms with Crippen molar-refractivity contribution in [2.24, 2.45) is 5.14 Å². The maximum atomic E-state index is 14.0. The number of halogens is 1. The van der Waals surface area contributed by atoms with E-state index in [4.69, 9.17) is 5.14 Å². The molecular weight excluding hydrogens is 353 g/mol. The first-order chi connectivity index (χ1) is 12.3. The van der Waals surface area contributed by atoms with E-state index in [9.17, 15) is 12.8 Å². The summed E-state index contributed by atoms with van der Waals surface area (Å²) in [7, 11) is -3.77. The number of nitrogens with two attached hydrogens (primary N) is 1. The van der Waals surface area contributed by atoms with Crippen LogP contribution >= 0.6 is 0 Å².